The van der Waals surface area contributed by atoms with Crippen molar-refractivity contribution in [3.8, 4) is 0 Å². The highest BCUT2D eigenvalue weighted by Crippen LogP contribution is 2.23. The van der Waals surface area contributed by atoms with E-state index in [9.17, 15) is 0 Å². The third-order valence-electron chi connectivity index (χ3n) is 3.94. The molecule has 0 aliphatic carbocycles. The Morgan fingerprint density at radius 3 is 3.05 bits per heavy atom. The molecule has 0 radical (unpaired) electrons. The van der Waals surface area contributed by atoms with Crippen molar-refractivity contribution in [3.05, 3.63) is 29.3 Å². The molecule has 4 heteroatoms. The van der Waals surface area contributed by atoms with Gasteiger partial charge in [0.1, 0.15) is 5.01 Å². The van der Waals surface area contributed by atoms with Gasteiger partial charge < -0.3 is 10.1 Å². The van der Waals surface area contributed by atoms with E-state index in [4.69, 9.17) is 4.74 Å². The van der Waals surface area contributed by atoms with Crippen molar-refractivity contribution >= 4 is 21.6 Å². The Hall–Kier alpha value is -0.970. The lowest BCUT2D eigenvalue weighted by atomic mass is 9.95. The number of rotatable bonds is 4. The van der Waals surface area contributed by atoms with Crippen LogP contribution in [-0.2, 0) is 11.3 Å². The quantitative estimate of drug-likeness (QED) is 0.934. The zero-order chi connectivity index (χ0) is 13.9. The molecule has 1 aromatic heterocycles. The van der Waals surface area contributed by atoms with Crippen molar-refractivity contribution in [2.75, 3.05) is 6.61 Å². The minimum absolute atomic E-state index is 0.400. The summed E-state index contributed by atoms with van der Waals surface area (Å²) in [6.45, 7) is 6.22. The van der Waals surface area contributed by atoms with Gasteiger partial charge in [0, 0.05) is 19.2 Å². The fraction of sp³-hybridized carbons (Fsp3) is 0.562. The topological polar surface area (TPSA) is 34.2 Å². The molecule has 2 heterocycles. The van der Waals surface area contributed by atoms with Gasteiger partial charge in [-0.2, -0.15) is 0 Å². The predicted octanol–water partition coefficient (Wildman–Crippen LogP) is 3.59. The Balaban J connectivity index is 1.58. The Labute approximate surface area is 124 Å². The van der Waals surface area contributed by atoms with Crippen LogP contribution in [0, 0.1) is 5.92 Å². The molecule has 108 valence electrons. The molecule has 3 rings (SSSR count). The van der Waals surface area contributed by atoms with Crippen molar-refractivity contribution in [1.82, 2.24) is 10.3 Å². The van der Waals surface area contributed by atoms with Crippen molar-refractivity contribution < 1.29 is 4.74 Å². The van der Waals surface area contributed by atoms with E-state index in [2.05, 4.69) is 42.3 Å². The van der Waals surface area contributed by atoms with Crippen LogP contribution in [-0.4, -0.2) is 23.7 Å². The molecule has 0 saturated carbocycles. The first-order valence-electron chi connectivity index (χ1n) is 7.42. The molecule has 1 aliphatic rings. The number of hydrogen-bond donors (Lipinski definition) is 1. The van der Waals surface area contributed by atoms with Crippen molar-refractivity contribution in [2.24, 2.45) is 5.92 Å². The Kier molecular flexibility index (Phi) is 4.34. The summed E-state index contributed by atoms with van der Waals surface area (Å²) >= 11 is 1.79. The number of ether oxygens (including phenoxy) is 1. The predicted molar refractivity (Wildman–Crippen MR) is 84.1 cm³/mol. The number of aromatic nitrogens is 1. The fourth-order valence-corrected chi connectivity index (χ4v) is 3.62. The van der Waals surface area contributed by atoms with E-state index >= 15 is 0 Å². The Morgan fingerprint density at radius 2 is 2.25 bits per heavy atom. The van der Waals surface area contributed by atoms with Crippen LogP contribution in [0.4, 0.5) is 0 Å². The van der Waals surface area contributed by atoms with Crippen molar-refractivity contribution in [3.63, 3.8) is 0 Å². The van der Waals surface area contributed by atoms with Crippen LogP contribution in [0.5, 0.6) is 0 Å². The van der Waals surface area contributed by atoms with Crippen LogP contribution in [0.15, 0.2) is 24.3 Å². The summed E-state index contributed by atoms with van der Waals surface area (Å²) in [4.78, 5) is 4.68. The summed E-state index contributed by atoms with van der Waals surface area (Å²) in [5, 5.41) is 4.83. The zero-order valence-corrected chi connectivity index (χ0v) is 13.0. The molecule has 1 aliphatic heterocycles. The minimum Gasteiger partial charge on any atom is -0.378 e. The lowest BCUT2D eigenvalue weighted by molar-refractivity contribution is -0.0245. The second kappa shape index (κ2) is 6.20. The van der Waals surface area contributed by atoms with Gasteiger partial charge in [-0.1, -0.05) is 26.0 Å². The molecular formula is C16H22N2OS. The molecule has 2 unspecified atom stereocenters. The van der Waals surface area contributed by atoms with Gasteiger partial charge in [-0.05, 0) is 30.9 Å². The lowest BCUT2D eigenvalue weighted by Gasteiger charge is -2.32. The molecule has 3 nitrogen and oxygen atoms in total. The van der Waals surface area contributed by atoms with Gasteiger partial charge >= 0.3 is 0 Å². The first kappa shape index (κ1) is 14.0. The van der Waals surface area contributed by atoms with E-state index in [1.165, 1.54) is 9.71 Å². The summed E-state index contributed by atoms with van der Waals surface area (Å²) in [7, 11) is 0. The second-order valence-corrected chi connectivity index (χ2v) is 6.95. The molecule has 2 aromatic rings. The number of benzene rings is 1. The summed E-state index contributed by atoms with van der Waals surface area (Å²) in [5.74, 6) is 0.599. The van der Waals surface area contributed by atoms with E-state index in [1.807, 2.05) is 6.07 Å². The van der Waals surface area contributed by atoms with Gasteiger partial charge in [0.2, 0.25) is 0 Å². The highest BCUT2D eigenvalue weighted by molar-refractivity contribution is 7.18. The van der Waals surface area contributed by atoms with Crippen LogP contribution < -0.4 is 5.32 Å². The van der Waals surface area contributed by atoms with Crippen molar-refractivity contribution in [2.45, 2.75) is 45.4 Å². The molecule has 1 fully saturated rings. The second-order valence-electron chi connectivity index (χ2n) is 5.83. The van der Waals surface area contributed by atoms with Gasteiger partial charge in [0.25, 0.3) is 0 Å². The number of hydrogen-bond acceptors (Lipinski definition) is 4. The minimum atomic E-state index is 0.400. The lowest BCUT2D eigenvalue weighted by Crippen LogP contribution is -2.40. The summed E-state index contributed by atoms with van der Waals surface area (Å²) in [5.41, 5.74) is 1.11. The number of fused-ring (bicyclic) bond motifs is 1. The maximum absolute atomic E-state index is 5.82. The largest absolute Gasteiger partial charge is 0.378 e. The standard InChI is InChI=1S/C16H22N2OS/c1-11(2)14-9-12(7-8-19-14)17-10-16-18-13-5-3-4-6-15(13)20-16/h3-6,11-12,14,17H,7-10H2,1-2H3. The summed E-state index contributed by atoms with van der Waals surface area (Å²) in [6.07, 6.45) is 2.62. The highest BCUT2D eigenvalue weighted by atomic mass is 32.1. The summed E-state index contributed by atoms with van der Waals surface area (Å²) in [6, 6.07) is 8.90. The number of nitrogens with zero attached hydrogens (tertiary/aromatic N) is 1. The molecule has 1 saturated heterocycles. The first-order valence-corrected chi connectivity index (χ1v) is 8.23. The summed E-state index contributed by atoms with van der Waals surface area (Å²) < 4.78 is 7.09. The molecule has 1 aromatic carbocycles. The molecule has 2 atom stereocenters. The SMILES string of the molecule is CC(C)C1CC(NCc2nc3ccccc3s2)CCO1. The molecule has 20 heavy (non-hydrogen) atoms. The number of thiazole rings is 1. The third-order valence-corrected chi connectivity index (χ3v) is 4.98. The number of nitrogens with one attached hydrogen (secondary N) is 1. The highest BCUT2D eigenvalue weighted by Gasteiger charge is 2.24. The van der Waals surface area contributed by atoms with Crippen LogP contribution in [0.25, 0.3) is 10.2 Å². The zero-order valence-electron chi connectivity index (χ0n) is 12.1. The first-order chi connectivity index (χ1) is 9.72. The fourth-order valence-electron chi connectivity index (χ4n) is 2.71. The molecule has 1 N–H and O–H groups in total. The monoisotopic (exact) mass is 290 g/mol. The molecule has 0 amide bonds. The molecule has 0 bridgehead atoms. The average molecular weight is 290 g/mol. The van der Waals surface area contributed by atoms with E-state index in [-0.39, 0.29) is 0 Å². The van der Waals surface area contributed by atoms with Gasteiger partial charge in [-0.15, -0.1) is 11.3 Å². The molecular weight excluding hydrogens is 268 g/mol. The van der Waals surface area contributed by atoms with Crippen LogP contribution >= 0.6 is 11.3 Å². The third kappa shape index (κ3) is 3.19. The van der Waals surface area contributed by atoms with E-state index in [0.717, 1.165) is 31.5 Å². The Bertz CT molecular complexity index is 533. The van der Waals surface area contributed by atoms with E-state index in [1.54, 1.807) is 11.3 Å². The van der Waals surface area contributed by atoms with Crippen LogP contribution in [0.2, 0.25) is 0 Å². The number of para-hydroxylation sites is 1. The smallest absolute Gasteiger partial charge is 0.108 e. The average Bonchev–Trinajstić information content (AvgIpc) is 2.88. The van der Waals surface area contributed by atoms with Gasteiger partial charge in [0.15, 0.2) is 0 Å². The Morgan fingerprint density at radius 1 is 1.40 bits per heavy atom. The van der Waals surface area contributed by atoms with Crippen LogP contribution in [0.1, 0.15) is 31.7 Å². The van der Waals surface area contributed by atoms with Crippen molar-refractivity contribution in [1.29, 1.82) is 0 Å². The van der Waals surface area contributed by atoms with Gasteiger partial charge in [-0.3, -0.25) is 0 Å². The molecule has 0 spiro atoms. The van der Waals surface area contributed by atoms with Gasteiger partial charge in [-0.25, -0.2) is 4.98 Å². The normalized spacial score (nSPS) is 23.6. The maximum Gasteiger partial charge on any atom is 0.108 e. The van der Waals surface area contributed by atoms with Crippen LogP contribution in [0.3, 0.4) is 0 Å². The van der Waals surface area contributed by atoms with E-state index < -0.39 is 0 Å². The maximum atomic E-state index is 5.82. The van der Waals surface area contributed by atoms with Gasteiger partial charge in [0.05, 0.1) is 16.3 Å². The van der Waals surface area contributed by atoms with E-state index in [0.29, 0.717) is 18.1 Å².